The summed E-state index contributed by atoms with van der Waals surface area (Å²) in [5, 5.41) is 2.83. The van der Waals surface area contributed by atoms with Crippen LogP contribution in [-0.2, 0) is 4.79 Å². The molecule has 0 spiro atoms. The molecule has 0 aliphatic carbocycles. The average molecular weight is 299 g/mol. The fourth-order valence-corrected chi connectivity index (χ4v) is 2.26. The molecule has 1 N–H and O–H groups in total. The topological polar surface area (TPSA) is 38.3 Å². The van der Waals surface area contributed by atoms with Crippen molar-refractivity contribution in [1.29, 1.82) is 0 Å². The first-order valence-corrected chi connectivity index (χ1v) is 7.60. The highest BCUT2D eigenvalue weighted by molar-refractivity contribution is 8.00. The Kier molecular flexibility index (Phi) is 6.33. The summed E-state index contributed by atoms with van der Waals surface area (Å²) in [6, 6.07) is 5.63. The number of carbonyl (C=O) groups is 1. The highest BCUT2D eigenvalue weighted by Gasteiger charge is 2.15. The summed E-state index contributed by atoms with van der Waals surface area (Å²) < 4.78 is 18.4. The molecule has 5 heteroatoms. The summed E-state index contributed by atoms with van der Waals surface area (Å²) in [5.74, 6) is 0.856. The molecule has 0 saturated carbocycles. The van der Waals surface area contributed by atoms with Crippen molar-refractivity contribution in [3.63, 3.8) is 0 Å². The zero-order chi connectivity index (χ0) is 15.2. The molecule has 3 nitrogen and oxygen atoms in total. The lowest BCUT2D eigenvalue weighted by atomic mass is 10.3. The lowest BCUT2D eigenvalue weighted by Crippen LogP contribution is -2.37. The molecule has 1 aromatic carbocycles. The molecule has 0 unspecified atom stereocenters. The van der Waals surface area contributed by atoms with Gasteiger partial charge >= 0.3 is 0 Å². The standard InChI is InChI=1S/C15H22FNO2S/c1-11(19-13-7-5-12(16)6-8-13)14(18)17-9-10-20-15(2,3)4/h5-8,11H,9-10H2,1-4H3,(H,17,18)/t11-/m1/s1. The van der Waals surface area contributed by atoms with E-state index >= 15 is 0 Å². The zero-order valence-corrected chi connectivity index (χ0v) is 13.2. The number of hydrogen-bond donors (Lipinski definition) is 1. The van der Waals surface area contributed by atoms with E-state index < -0.39 is 6.10 Å². The van der Waals surface area contributed by atoms with Gasteiger partial charge in [-0.2, -0.15) is 11.8 Å². The van der Waals surface area contributed by atoms with Crippen molar-refractivity contribution in [2.75, 3.05) is 12.3 Å². The second-order valence-corrected chi connectivity index (χ2v) is 7.39. The summed E-state index contributed by atoms with van der Waals surface area (Å²) in [6.07, 6.45) is -0.597. The van der Waals surface area contributed by atoms with Gasteiger partial charge in [-0.25, -0.2) is 4.39 Å². The molecule has 0 heterocycles. The third-order valence-corrected chi connectivity index (χ3v) is 3.71. The first-order chi connectivity index (χ1) is 9.28. The normalized spacial score (nSPS) is 12.8. The number of hydrogen-bond acceptors (Lipinski definition) is 3. The van der Waals surface area contributed by atoms with Gasteiger partial charge in [0, 0.05) is 17.0 Å². The van der Waals surface area contributed by atoms with E-state index in [-0.39, 0.29) is 16.5 Å². The Morgan fingerprint density at radius 3 is 2.50 bits per heavy atom. The number of rotatable bonds is 6. The molecule has 0 bridgehead atoms. The fraction of sp³-hybridized carbons (Fsp3) is 0.533. The van der Waals surface area contributed by atoms with Gasteiger partial charge in [0.25, 0.3) is 5.91 Å². The van der Waals surface area contributed by atoms with E-state index in [1.165, 1.54) is 24.3 Å². The number of ether oxygens (including phenoxy) is 1. The van der Waals surface area contributed by atoms with E-state index in [0.29, 0.717) is 12.3 Å². The Balaban J connectivity index is 2.30. The molecule has 0 aliphatic heterocycles. The summed E-state index contributed by atoms with van der Waals surface area (Å²) >= 11 is 1.80. The Morgan fingerprint density at radius 1 is 1.35 bits per heavy atom. The molecular weight excluding hydrogens is 277 g/mol. The fourth-order valence-electron chi connectivity index (χ4n) is 1.45. The minimum atomic E-state index is -0.597. The molecule has 1 rings (SSSR count). The van der Waals surface area contributed by atoms with Gasteiger partial charge in [-0.1, -0.05) is 20.8 Å². The highest BCUT2D eigenvalue weighted by Crippen LogP contribution is 2.22. The van der Waals surface area contributed by atoms with Gasteiger partial charge in [-0.05, 0) is 31.2 Å². The first-order valence-electron chi connectivity index (χ1n) is 6.62. The third kappa shape index (κ3) is 6.80. The van der Waals surface area contributed by atoms with Crippen LogP contribution in [-0.4, -0.2) is 29.1 Å². The van der Waals surface area contributed by atoms with Gasteiger partial charge in [0.15, 0.2) is 6.10 Å². The van der Waals surface area contributed by atoms with E-state index in [2.05, 4.69) is 26.1 Å². The van der Waals surface area contributed by atoms with Gasteiger partial charge in [0.1, 0.15) is 11.6 Å². The van der Waals surface area contributed by atoms with Crippen LogP contribution >= 0.6 is 11.8 Å². The second-order valence-electron chi connectivity index (χ2n) is 5.47. The van der Waals surface area contributed by atoms with Crippen LogP contribution in [0.2, 0.25) is 0 Å². The van der Waals surface area contributed by atoms with Crippen molar-refractivity contribution in [2.45, 2.75) is 38.5 Å². The van der Waals surface area contributed by atoms with Crippen molar-refractivity contribution >= 4 is 17.7 Å². The van der Waals surface area contributed by atoms with Crippen LogP contribution in [0.5, 0.6) is 5.75 Å². The zero-order valence-electron chi connectivity index (χ0n) is 12.4. The number of thioether (sulfide) groups is 1. The third-order valence-electron chi connectivity index (χ3n) is 2.43. The molecule has 0 radical (unpaired) electrons. The first kappa shape index (κ1) is 16.8. The van der Waals surface area contributed by atoms with E-state index in [9.17, 15) is 9.18 Å². The van der Waals surface area contributed by atoms with Gasteiger partial charge in [0.2, 0.25) is 0 Å². The lowest BCUT2D eigenvalue weighted by Gasteiger charge is -2.18. The van der Waals surface area contributed by atoms with E-state index in [4.69, 9.17) is 4.74 Å². The summed E-state index contributed by atoms with van der Waals surface area (Å²) in [7, 11) is 0. The van der Waals surface area contributed by atoms with Crippen molar-refractivity contribution in [2.24, 2.45) is 0 Å². The summed E-state index contributed by atoms with van der Waals surface area (Å²) in [6.45, 7) is 8.70. The average Bonchev–Trinajstić information content (AvgIpc) is 2.36. The quantitative estimate of drug-likeness (QED) is 0.820. The minimum Gasteiger partial charge on any atom is -0.481 e. The molecule has 1 amide bonds. The lowest BCUT2D eigenvalue weighted by molar-refractivity contribution is -0.127. The Morgan fingerprint density at radius 2 is 1.95 bits per heavy atom. The SMILES string of the molecule is C[C@@H](Oc1ccc(F)cc1)C(=O)NCCSC(C)(C)C. The van der Waals surface area contributed by atoms with Crippen LogP contribution in [0.25, 0.3) is 0 Å². The Bertz CT molecular complexity index is 428. The number of carbonyl (C=O) groups excluding carboxylic acids is 1. The molecule has 1 aromatic rings. The van der Waals surface area contributed by atoms with Crippen LogP contribution in [0.1, 0.15) is 27.7 Å². The number of halogens is 1. The molecule has 20 heavy (non-hydrogen) atoms. The molecule has 0 aromatic heterocycles. The van der Waals surface area contributed by atoms with Crippen molar-refractivity contribution < 1.29 is 13.9 Å². The van der Waals surface area contributed by atoms with Crippen LogP contribution in [0, 0.1) is 5.82 Å². The minimum absolute atomic E-state index is 0.163. The molecule has 1 atom stereocenters. The van der Waals surface area contributed by atoms with Crippen molar-refractivity contribution in [1.82, 2.24) is 5.32 Å². The van der Waals surface area contributed by atoms with Crippen molar-refractivity contribution in [3.8, 4) is 5.75 Å². The van der Waals surface area contributed by atoms with Gasteiger partial charge < -0.3 is 10.1 Å². The molecule has 112 valence electrons. The smallest absolute Gasteiger partial charge is 0.260 e. The van der Waals surface area contributed by atoms with Gasteiger partial charge in [0.05, 0.1) is 0 Å². The maximum absolute atomic E-state index is 12.7. The van der Waals surface area contributed by atoms with Gasteiger partial charge in [-0.15, -0.1) is 0 Å². The maximum atomic E-state index is 12.7. The largest absolute Gasteiger partial charge is 0.481 e. The second kappa shape index (κ2) is 7.53. The van der Waals surface area contributed by atoms with Crippen LogP contribution in [0.3, 0.4) is 0 Å². The predicted molar refractivity (Wildman–Crippen MR) is 81.7 cm³/mol. The number of nitrogens with one attached hydrogen (secondary N) is 1. The van der Waals surface area contributed by atoms with E-state index in [1.54, 1.807) is 18.7 Å². The predicted octanol–water partition coefficient (Wildman–Crippen LogP) is 3.24. The summed E-state index contributed by atoms with van der Waals surface area (Å²) in [5.41, 5.74) is 0. The molecule has 0 aliphatic rings. The molecule has 0 saturated heterocycles. The number of amides is 1. The van der Waals surface area contributed by atoms with E-state index in [0.717, 1.165) is 5.75 Å². The van der Waals surface area contributed by atoms with Crippen LogP contribution < -0.4 is 10.1 Å². The van der Waals surface area contributed by atoms with Crippen LogP contribution in [0.4, 0.5) is 4.39 Å². The number of benzene rings is 1. The van der Waals surface area contributed by atoms with Crippen LogP contribution in [0.15, 0.2) is 24.3 Å². The van der Waals surface area contributed by atoms with E-state index in [1.807, 2.05) is 0 Å². The monoisotopic (exact) mass is 299 g/mol. The Labute approximate surface area is 124 Å². The van der Waals surface area contributed by atoms with Crippen molar-refractivity contribution in [3.05, 3.63) is 30.1 Å². The Hall–Kier alpha value is -1.23. The highest BCUT2D eigenvalue weighted by atomic mass is 32.2. The molecule has 0 fully saturated rings. The maximum Gasteiger partial charge on any atom is 0.260 e. The molecular formula is C15H22FNO2S. The van der Waals surface area contributed by atoms with Gasteiger partial charge in [-0.3, -0.25) is 4.79 Å². The summed E-state index contributed by atoms with van der Waals surface area (Å²) in [4.78, 5) is 11.8.